The highest BCUT2D eigenvalue weighted by Crippen LogP contribution is 2.25. The van der Waals surface area contributed by atoms with Crippen LogP contribution < -0.4 is 0 Å². The number of nitrogens with zero attached hydrogens (tertiary/aromatic N) is 2. The van der Waals surface area contributed by atoms with E-state index in [1.54, 1.807) is 30.3 Å². The van der Waals surface area contributed by atoms with Crippen molar-refractivity contribution in [2.45, 2.75) is 19.8 Å². The second kappa shape index (κ2) is 5.60. The summed E-state index contributed by atoms with van der Waals surface area (Å²) in [6.07, 6.45) is 2.06. The van der Waals surface area contributed by atoms with Crippen LogP contribution >= 0.6 is 0 Å². The molecule has 21 heavy (non-hydrogen) atoms. The Balaban J connectivity index is 1.77. The number of aromatic nitrogens is 1. The summed E-state index contributed by atoms with van der Waals surface area (Å²) in [5, 5.41) is 13.4. The Hall–Kier alpha value is -2.30. The van der Waals surface area contributed by atoms with Gasteiger partial charge in [-0.3, -0.25) is 4.79 Å². The van der Waals surface area contributed by atoms with Crippen LogP contribution in [0.4, 0.5) is 0 Å². The minimum atomic E-state index is -0.0861. The number of aromatic hydroxyl groups is 1. The maximum atomic E-state index is 12.4. The summed E-state index contributed by atoms with van der Waals surface area (Å²) in [6, 6.07) is 8.32. The normalized spacial score (nSPS) is 16.1. The molecule has 0 saturated carbocycles. The zero-order chi connectivity index (χ0) is 14.8. The fraction of sp³-hybridized carbons (Fsp3) is 0.375. The summed E-state index contributed by atoms with van der Waals surface area (Å²) < 4.78 is 5.23. The van der Waals surface area contributed by atoms with Crippen molar-refractivity contribution in [3.8, 4) is 17.1 Å². The fourth-order valence-corrected chi connectivity index (χ4v) is 2.54. The molecule has 5 heteroatoms. The van der Waals surface area contributed by atoms with E-state index in [1.807, 2.05) is 4.90 Å². The number of piperidine rings is 1. The van der Waals surface area contributed by atoms with Gasteiger partial charge < -0.3 is 14.5 Å². The lowest BCUT2D eigenvalue weighted by Gasteiger charge is -2.29. The summed E-state index contributed by atoms with van der Waals surface area (Å²) in [7, 11) is 0. The van der Waals surface area contributed by atoms with E-state index >= 15 is 0 Å². The molecule has 0 spiro atoms. The molecule has 0 atom stereocenters. The first kappa shape index (κ1) is 13.7. The smallest absolute Gasteiger partial charge is 0.276 e. The number of benzene rings is 1. The zero-order valence-corrected chi connectivity index (χ0v) is 12.0. The molecule has 0 bridgehead atoms. The van der Waals surface area contributed by atoms with Gasteiger partial charge in [-0.15, -0.1) is 0 Å². The van der Waals surface area contributed by atoms with Gasteiger partial charge >= 0.3 is 0 Å². The number of rotatable bonds is 2. The summed E-state index contributed by atoms with van der Waals surface area (Å²) >= 11 is 0. The standard InChI is InChI=1S/C16H18N2O3/c1-11-5-7-18(8-6-11)16(20)14-10-15(21-17-14)12-3-2-4-13(19)9-12/h2-4,9-11,19H,5-8H2,1H3. The quantitative estimate of drug-likeness (QED) is 0.921. The van der Waals surface area contributed by atoms with Crippen LogP contribution in [0.15, 0.2) is 34.9 Å². The van der Waals surface area contributed by atoms with Gasteiger partial charge in [0.25, 0.3) is 5.91 Å². The van der Waals surface area contributed by atoms with Gasteiger partial charge in [-0.2, -0.15) is 0 Å². The van der Waals surface area contributed by atoms with Crippen LogP contribution in [0.25, 0.3) is 11.3 Å². The lowest BCUT2D eigenvalue weighted by atomic mass is 9.99. The van der Waals surface area contributed by atoms with E-state index in [9.17, 15) is 9.90 Å². The third kappa shape index (κ3) is 2.91. The first-order valence-corrected chi connectivity index (χ1v) is 7.19. The largest absolute Gasteiger partial charge is 0.508 e. The van der Waals surface area contributed by atoms with Crippen LogP contribution in [0.5, 0.6) is 5.75 Å². The second-order valence-corrected chi connectivity index (χ2v) is 5.60. The van der Waals surface area contributed by atoms with Crippen molar-refractivity contribution in [1.29, 1.82) is 0 Å². The summed E-state index contributed by atoms with van der Waals surface area (Å²) in [5.41, 5.74) is 1.02. The van der Waals surface area contributed by atoms with Crippen LogP contribution in [0, 0.1) is 5.92 Å². The summed E-state index contributed by atoms with van der Waals surface area (Å²) in [4.78, 5) is 14.2. The Morgan fingerprint density at radius 3 is 2.81 bits per heavy atom. The van der Waals surface area contributed by atoms with E-state index < -0.39 is 0 Å². The Labute approximate surface area is 123 Å². The van der Waals surface area contributed by atoms with Crippen molar-refractivity contribution in [3.05, 3.63) is 36.0 Å². The summed E-state index contributed by atoms with van der Waals surface area (Å²) in [6.45, 7) is 3.75. The highest BCUT2D eigenvalue weighted by molar-refractivity contribution is 5.93. The Morgan fingerprint density at radius 1 is 1.33 bits per heavy atom. The average Bonchev–Trinajstić information content (AvgIpc) is 2.97. The molecule has 3 rings (SSSR count). The van der Waals surface area contributed by atoms with Gasteiger partial charge in [-0.1, -0.05) is 24.2 Å². The molecule has 1 fully saturated rings. The fourth-order valence-electron chi connectivity index (χ4n) is 2.54. The van der Waals surface area contributed by atoms with Gasteiger partial charge in [0.2, 0.25) is 0 Å². The molecule has 2 aromatic rings. The van der Waals surface area contributed by atoms with Crippen molar-refractivity contribution in [3.63, 3.8) is 0 Å². The van der Waals surface area contributed by atoms with Crippen molar-refractivity contribution >= 4 is 5.91 Å². The van der Waals surface area contributed by atoms with Crippen LogP contribution in [0.2, 0.25) is 0 Å². The van der Waals surface area contributed by atoms with E-state index in [-0.39, 0.29) is 11.7 Å². The molecule has 1 aliphatic heterocycles. The lowest BCUT2D eigenvalue weighted by Crippen LogP contribution is -2.38. The Kier molecular flexibility index (Phi) is 3.64. The third-order valence-corrected chi connectivity index (χ3v) is 3.93. The minimum Gasteiger partial charge on any atom is -0.508 e. The van der Waals surface area contributed by atoms with E-state index in [1.165, 1.54) is 0 Å². The summed E-state index contributed by atoms with van der Waals surface area (Å²) in [5.74, 6) is 1.23. The van der Waals surface area contributed by atoms with E-state index in [2.05, 4.69) is 12.1 Å². The van der Waals surface area contributed by atoms with E-state index in [4.69, 9.17) is 4.52 Å². The molecular formula is C16H18N2O3. The number of hydrogen-bond donors (Lipinski definition) is 1. The maximum absolute atomic E-state index is 12.4. The Bertz CT molecular complexity index is 642. The molecule has 0 radical (unpaired) electrons. The SMILES string of the molecule is CC1CCN(C(=O)c2cc(-c3cccc(O)c3)on2)CC1. The van der Waals surface area contributed by atoms with Gasteiger partial charge in [0.05, 0.1) is 0 Å². The predicted octanol–water partition coefficient (Wildman–Crippen LogP) is 2.92. The highest BCUT2D eigenvalue weighted by atomic mass is 16.5. The Morgan fingerprint density at radius 2 is 2.10 bits per heavy atom. The number of likely N-dealkylation sites (tertiary alicyclic amines) is 1. The number of carbonyl (C=O) groups is 1. The van der Waals surface area contributed by atoms with Crippen LogP contribution in [0.1, 0.15) is 30.3 Å². The van der Waals surface area contributed by atoms with E-state index in [0.717, 1.165) is 25.9 Å². The third-order valence-electron chi connectivity index (χ3n) is 3.93. The molecule has 1 aromatic carbocycles. The number of phenolic OH excluding ortho intramolecular Hbond substituents is 1. The van der Waals surface area contributed by atoms with Crippen LogP contribution in [-0.2, 0) is 0 Å². The lowest BCUT2D eigenvalue weighted by molar-refractivity contribution is 0.0687. The van der Waals surface area contributed by atoms with Gasteiger partial charge in [-0.05, 0) is 30.9 Å². The first-order chi connectivity index (χ1) is 10.1. The van der Waals surface area contributed by atoms with Crippen molar-refractivity contribution in [2.24, 2.45) is 5.92 Å². The molecule has 110 valence electrons. The highest BCUT2D eigenvalue weighted by Gasteiger charge is 2.24. The molecule has 1 amide bonds. The van der Waals surface area contributed by atoms with Crippen LogP contribution in [-0.4, -0.2) is 34.2 Å². The number of phenols is 1. The van der Waals surface area contributed by atoms with Crippen molar-refractivity contribution < 1.29 is 14.4 Å². The second-order valence-electron chi connectivity index (χ2n) is 5.60. The molecule has 1 N–H and O–H groups in total. The zero-order valence-electron chi connectivity index (χ0n) is 12.0. The van der Waals surface area contributed by atoms with Crippen LogP contribution in [0.3, 0.4) is 0 Å². The number of hydrogen-bond acceptors (Lipinski definition) is 4. The molecule has 0 aliphatic carbocycles. The molecule has 5 nitrogen and oxygen atoms in total. The number of carbonyl (C=O) groups excluding carboxylic acids is 1. The van der Waals surface area contributed by atoms with Gasteiger partial charge in [0.15, 0.2) is 11.5 Å². The molecular weight excluding hydrogens is 268 g/mol. The molecule has 2 heterocycles. The molecule has 1 saturated heterocycles. The van der Waals surface area contributed by atoms with E-state index in [0.29, 0.717) is 22.9 Å². The van der Waals surface area contributed by atoms with Gasteiger partial charge in [-0.25, -0.2) is 0 Å². The maximum Gasteiger partial charge on any atom is 0.276 e. The number of amides is 1. The van der Waals surface area contributed by atoms with Gasteiger partial charge in [0, 0.05) is 24.7 Å². The van der Waals surface area contributed by atoms with Crippen molar-refractivity contribution in [2.75, 3.05) is 13.1 Å². The predicted molar refractivity (Wildman–Crippen MR) is 77.9 cm³/mol. The first-order valence-electron chi connectivity index (χ1n) is 7.19. The van der Waals surface area contributed by atoms with Gasteiger partial charge in [0.1, 0.15) is 5.75 Å². The topological polar surface area (TPSA) is 66.6 Å². The van der Waals surface area contributed by atoms with Crippen molar-refractivity contribution in [1.82, 2.24) is 10.1 Å². The molecule has 0 unspecified atom stereocenters. The monoisotopic (exact) mass is 286 g/mol. The molecule has 1 aromatic heterocycles. The average molecular weight is 286 g/mol. The minimum absolute atomic E-state index is 0.0861. The molecule has 1 aliphatic rings.